The zero-order valence-corrected chi connectivity index (χ0v) is 13.2. The van der Waals surface area contributed by atoms with Crippen LogP contribution in [0.2, 0.25) is 5.02 Å². The van der Waals surface area contributed by atoms with Crippen LogP contribution >= 0.6 is 22.9 Å². The number of hydrogen-bond acceptors (Lipinski definition) is 6. The Hall–Kier alpha value is -1.77. The van der Waals surface area contributed by atoms with Gasteiger partial charge in [0.1, 0.15) is 16.9 Å². The first-order valence-corrected chi connectivity index (χ1v) is 7.69. The molecule has 1 aliphatic rings. The summed E-state index contributed by atoms with van der Waals surface area (Å²) in [5.74, 6) is -0.677. The van der Waals surface area contributed by atoms with E-state index in [1.165, 1.54) is 12.1 Å². The largest absolute Gasteiger partial charge is 0.434 e. The lowest BCUT2D eigenvalue weighted by atomic mass is 10.1. The molecule has 3 rings (SSSR count). The molecule has 2 heterocycles. The van der Waals surface area contributed by atoms with Crippen LogP contribution in [-0.4, -0.2) is 11.0 Å². The van der Waals surface area contributed by atoms with Crippen LogP contribution in [0.3, 0.4) is 0 Å². The maximum Gasteiger partial charge on any atom is 0.434 e. The highest BCUT2D eigenvalue weighted by Crippen LogP contribution is 2.42. The first kappa shape index (κ1) is 17.1. The number of nitrogens with one attached hydrogen (secondary N) is 3. The highest BCUT2D eigenvalue weighted by atomic mass is 35.5. The van der Waals surface area contributed by atoms with Gasteiger partial charge in [0, 0.05) is 5.56 Å². The van der Waals surface area contributed by atoms with Crippen molar-refractivity contribution >= 4 is 22.9 Å². The molecule has 0 aliphatic carbocycles. The van der Waals surface area contributed by atoms with Crippen molar-refractivity contribution in [3.8, 4) is 16.6 Å². The van der Waals surface area contributed by atoms with Crippen LogP contribution in [0.1, 0.15) is 16.6 Å². The van der Waals surface area contributed by atoms with Crippen molar-refractivity contribution in [3.05, 3.63) is 39.6 Å². The molecule has 1 saturated heterocycles. The molecule has 126 valence electrons. The Morgan fingerprint density at radius 1 is 1.29 bits per heavy atom. The molecule has 1 aromatic heterocycles. The van der Waals surface area contributed by atoms with Gasteiger partial charge in [0.15, 0.2) is 5.69 Å². The quantitative estimate of drug-likeness (QED) is 0.701. The molecule has 1 aromatic carbocycles. The van der Waals surface area contributed by atoms with Crippen molar-refractivity contribution in [1.82, 2.24) is 21.4 Å². The fraction of sp³-hybridized carbons (Fsp3) is 0.231. The predicted molar refractivity (Wildman–Crippen MR) is 79.1 cm³/mol. The normalized spacial score (nSPS) is 21.0. The molecule has 11 heteroatoms. The lowest BCUT2D eigenvalue weighted by molar-refractivity contribution is -0.141. The predicted octanol–water partition coefficient (Wildman–Crippen LogP) is 3.17. The number of nitriles is 1. The number of thiazole rings is 1. The third kappa shape index (κ3) is 3.09. The van der Waals surface area contributed by atoms with E-state index in [2.05, 4.69) is 21.4 Å². The van der Waals surface area contributed by atoms with E-state index in [9.17, 15) is 17.6 Å². The molecular formula is C13H8ClF4N5S. The standard InChI is InChI=1S/C13H8ClF4N5S/c14-6-3-5(1-2-7(6)15)12-20-11(13(16,17)18)10(24-12)9-8(4-19)21-23-22-9/h1-3,8-9,21-23H. The Bertz CT molecular complexity index is 816. The van der Waals surface area contributed by atoms with Crippen LogP contribution in [0, 0.1) is 17.1 Å². The van der Waals surface area contributed by atoms with Crippen molar-refractivity contribution < 1.29 is 17.6 Å². The van der Waals surface area contributed by atoms with E-state index in [0.29, 0.717) is 0 Å². The molecule has 2 unspecified atom stereocenters. The van der Waals surface area contributed by atoms with E-state index >= 15 is 0 Å². The summed E-state index contributed by atoms with van der Waals surface area (Å²) in [6, 6.07) is 3.58. The molecule has 0 radical (unpaired) electrons. The lowest BCUT2D eigenvalue weighted by Crippen LogP contribution is -2.32. The number of rotatable bonds is 2. The van der Waals surface area contributed by atoms with Gasteiger partial charge in [-0.15, -0.1) is 11.3 Å². The summed E-state index contributed by atoms with van der Waals surface area (Å²) in [5, 5.41) is 8.85. The second-order valence-electron chi connectivity index (χ2n) is 4.86. The second-order valence-corrected chi connectivity index (χ2v) is 6.29. The molecule has 0 bridgehead atoms. The van der Waals surface area contributed by atoms with E-state index in [1.54, 1.807) is 0 Å². The zero-order chi connectivity index (χ0) is 17.5. The summed E-state index contributed by atoms with van der Waals surface area (Å²) < 4.78 is 53.2. The van der Waals surface area contributed by atoms with Gasteiger partial charge in [-0.1, -0.05) is 11.6 Å². The van der Waals surface area contributed by atoms with Gasteiger partial charge in [0.25, 0.3) is 0 Å². The molecule has 1 aliphatic heterocycles. The van der Waals surface area contributed by atoms with Crippen LogP contribution in [0.5, 0.6) is 0 Å². The number of hydrazine groups is 2. The first-order chi connectivity index (χ1) is 11.3. The number of hydrogen-bond donors (Lipinski definition) is 3. The smallest absolute Gasteiger partial charge is 0.233 e. The fourth-order valence-electron chi connectivity index (χ4n) is 2.19. The van der Waals surface area contributed by atoms with E-state index < -0.39 is 29.8 Å². The minimum absolute atomic E-state index is 0.0321. The fourth-order valence-corrected chi connectivity index (χ4v) is 3.54. The summed E-state index contributed by atoms with van der Waals surface area (Å²) in [4.78, 5) is 3.49. The van der Waals surface area contributed by atoms with Gasteiger partial charge in [-0.05, 0) is 18.2 Å². The van der Waals surface area contributed by atoms with Gasteiger partial charge in [0.05, 0.1) is 22.0 Å². The summed E-state index contributed by atoms with van der Waals surface area (Å²) in [5.41, 5.74) is 6.69. The molecule has 0 saturated carbocycles. The topological polar surface area (TPSA) is 72.8 Å². The van der Waals surface area contributed by atoms with Gasteiger partial charge in [-0.25, -0.2) is 20.2 Å². The maximum absolute atomic E-state index is 13.3. The van der Waals surface area contributed by atoms with E-state index in [1.807, 2.05) is 6.07 Å². The van der Waals surface area contributed by atoms with Crippen molar-refractivity contribution in [2.75, 3.05) is 0 Å². The van der Waals surface area contributed by atoms with Gasteiger partial charge in [-0.2, -0.15) is 24.0 Å². The Labute approximate surface area is 142 Å². The number of halogens is 5. The van der Waals surface area contributed by atoms with E-state index in [4.69, 9.17) is 16.9 Å². The van der Waals surface area contributed by atoms with E-state index in [0.717, 1.165) is 17.4 Å². The van der Waals surface area contributed by atoms with Crippen LogP contribution < -0.4 is 16.4 Å². The average molecular weight is 378 g/mol. The zero-order valence-electron chi connectivity index (χ0n) is 11.6. The molecule has 3 N–H and O–H groups in total. The van der Waals surface area contributed by atoms with Crippen molar-refractivity contribution in [3.63, 3.8) is 0 Å². The molecule has 2 atom stereocenters. The number of aromatic nitrogens is 1. The Morgan fingerprint density at radius 2 is 2.04 bits per heavy atom. The Morgan fingerprint density at radius 3 is 2.67 bits per heavy atom. The highest BCUT2D eigenvalue weighted by Gasteiger charge is 2.42. The van der Waals surface area contributed by atoms with Gasteiger partial charge >= 0.3 is 6.18 Å². The molecule has 24 heavy (non-hydrogen) atoms. The molecule has 0 amide bonds. The summed E-state index contributed by atoms with van der Waals surface area (Å²) in [6.45, 7) is 0. The van der Waals surface area contributed by atoms with Gasteiger partial charge < -0.3 is 0 Å². The van der Waals surface area contributed by atoms with Crippen molar-refractivity contribution in [1.29, 1.82) is 5.26 Å². The summed E-state index contributed by atoms with van der Waals surface area (Å²) in [6.07, 6.45) is -4.70. The lowest BCUT2D eigenvalue weighted by Gasteiger charge is -2.12. The van der Waals surface area contributed by atoms with Crippen LogP contribution in [0.4, 0.5) is 17.6 Å². The van der Waals surface area contributed by atoms with Gasteiger partial charge in [-0.3, -0.25) is 0 Å². The monoisotopic (exact) mass is 377 g/mol. The van der Waals surface area contributed by atoms with Crippen LogP contribution in [0.25, 0.3) is 10.6 Å². The maximum atomic E-state index is 13.3. The highest BCUT2D eigenvalue weighted by molar-refractivity contribution is 7.15. The Kier molecular flexibility index (Phi) is 4.46. The number of nitrogens with zero attached hydrogens (tertiary/aromatic N) is 2. The van der Waals surface area contributed by atoms with Crippen LogP contribution in [-0.2, 0) is 6.18 Å². The third-order valence-electron chi connectivity index (χ3n) is 3.30. The molecular weight excluding hydrogens is 370 g/mol. The SMILES string of the molecule is N#CC1NNNC1c1sc(-c2ccc(F)c(Cl)c2)nc1C(F)(F)F. The Balaban J connectivity index is 2.10. The number of benzene rings is 1. The summed E-state index contributed by atoms with van der Waals surface area (Å²) in [7, 11) is 0. The van der Waals surface area contributed by atoms with Crippen LogP contribution in [0.15, 0.2) is 18.2 Å². The molecule has 5 nitrogen and oxygen atoms in total. The number of alkyl halides is 3. The molecule has 1 fully saturated rings. The summed E-state index contributed by atoms with van der Waals surface area (Å²) >= 11 is 6.44. The van der Waals surface area contributed by atoms with Gasteiger partial charge in [0.2, 0.25) is 0 Å². The minimum Gasteiger partial charge on any atom is -0.233 e. The van der Waals surface area contributed by atoms with Crippen molar-refractivity contribution in [2.24, 2.45) is 0 Å². The first-order valence-electron chi connectivity index (χ1n) is 6.50. The van der Waals surface area contributed by atoms with Crippen molar-refractivity contribution in [2.45, 2.75) is 18.3 Å². The van der Waals surface area contributed by atoms with E-state index in [-0.39, 0.29) is 20.5 Å². The average Bonchev–Trinajstić information content (AvgIpc) is 3.14. The third-order valence-corrected chi connectivity index (χ3v) is 4.78. The molecule has 0 spiro atoms. The molecule has 2 aromatic rings. The minimum atomic E-state index is -4.70. The second kappa shape index (κ2) is 6.27.